The Balaban J connectivity index is 1.53. The van der Waals surface area contributed by atoms with E-state index in [1.807, 2.05) is 12.1 Å². The SMILES string of the molecule is CC1(C)c2ccccc2C2(c3ccccc3-c3cccc(-c4cccc(-c5ccco5)c4)c32)c2ccccc21. The Labute approximate surface area is 229 Å². The summed E-state index contributed by atoms with van der Waals surface area (Å²) >= 11 is 0. The lowest BCUT2D eigenvalue weighted by Gasteiger charge is -2.47. The van der Waals surface area contributed by atoms with Gasteiger partial charge in [0.2, 0.25) is 0 Å². The van der Waals surface area contributed by atoms with Crippen LogP contribution >= 0.6 is 0 Å². The Morgan fingerprint density at radius 2 is 1.03 bits per heavy atom. The molecule has 0 saturated carbocycles. The van der Waals surface area contributed by atoms with E-state index in [4.69, 9.17) is 4.42 Å². The quantitative estimate of drug-likeness (QED) is 0.230. The normalized spacial score (nSPS) is 15.3. The van der Waals surface area contributed by atoms with Crippen molar-refractivity contribution < 1.29 is 4.42 Å². The highest BCUT2D eigenvalue weighted by Crippen LogP contribution is 2.63. The lowest BCUT2D eigenvalue weighted by Crippen LogP contribution is -2.40. The van der Waals surface area contributed by atoms with E-state index >= 15 is 0 Å². The molecule has 8 rings (SSSR count). The van der Waals surface area contributed by atoms with E-state index in [9.17, 15) is 0 Å². The fourth-order valence-corrected chi connectivity index (χ4v) is 7.44. The maximum atomic E-state index is 5.78. The predicted octanol–water partition coefficient (Wildman–Crippen LogP) is 9.62. The molecule has 2 aliphatic rings. The Kier molecular flexibility index (Phi) is 4.56. The molecule has 2 aliphatic carbocycles. The van der Waals surface area contributed by atoms with Crippen molar-refractivity contribution in [2.24, 2.45) is 0 Å². The molecule has 0 unspecified atom stereocenters. The van der Waals surface area contributed by atoms with Crippen molar-refractivity contribution in [1.29, 1.82) is 0 Å². The zero-order valence-electron chi connectivity index (χ0n) is 22.1. The fourth-order valence-electron chi connectivity index (χ4n) is 7.44. The van der Waals surface area contributed by atoms with Gasteiger partial charge in [0.15, 0.2) is 0 Å². The second kappa shape index (κ2) is 7.94. The predicted molar refractivity (Wildman–Crippen MR) is 159 cm³/mol. The van der Waals surface area contributed by atoms with E-state index in [2.05, 4.69) is 129 Å². The van der Waals surface area contributed by atoms with Crippen LogP contribution in [-0.4, -0.2) is 0 Å². The first-order valence-corrected chi connectivity index (χ1v) is 13.7. The van der Waals surface area contributed by atoms with Crippen molar-refractivity contribution in [3.05, 3.63) is 167 Å². The summed E-state index contributed by atoms with van der Waals surface area (Å²) in [5.74, 6) is 0.887. The highest BCUT2D eigenvalue weighted by Gasteiger charge is 2.54. The summed E-state index contributed by atoms with van der Waals surface area (Å²) in [6.45, 7) is 4.75. The third-order valence-electron chi connectivity index (χ3n) is 9.05. The molecular weight excluding hydrogens is 472 g/mol. The molecule has 0 radical (unpaired) electrons. The zero-order valence-corrected chi connectivity index (χ0v) is 22.1. The Morgan fingerprint density at radius 3 is 1.72 bits per heavy atom. The lowest BCUT2D eigenvalue weighted by molar-refractivity contribution is 0.563. The number of rotatable bonds is 2. The van der Waals surface area contributed by atoms with Gasteiger partial charge in [0.25, 0.3) is 0 Å². The van der Waals surface area contributed by atoms with Crippen LogP contribution in [0.5, 0.6) is 0 Å². The monoisotopic (exact) mass is 500 g/mol. The Morgan fingerprint density at radius 1 is 0.462 bits per heavy atom. The molecule has 1 aromatic heterocycles. The first kappa shape index (κ1) is 22.4. The summed E-state index contributed by atoms with van der Waals surface area (Å²) in [6, 6.07) is 46.9. The summed E-state index contributed by atoms with van der Waals surface area (Å²) in [5.41, 5.74) is 14.0. The molecule has 1 heteroatoms. The maximum Gasteiger partial charge on any atom is 0.133 e. The molecule has 0 aliphatic heterocycles. The minimum atomic E-state index is -0.411. The molecule has 186 valence electrons. The van der Waals surface area contributed by atoms with Gasteiger partial charge in [-0.1, -0.05) is 123 Å². The van der Waals surface area contributed by atoms with E-state index < -0.39 is 5.41 Å². The average molecular weight is 501 g/mol. The molecule has 0 amide bonds. The van der Waals surface area contributed by atoms with Crippen molar-refractivity contribution in [2.75, 3.05) is 0 Å². The van der Waals surface area contributed by atoms with Crippen molar-refractivity contribution in [3.8, 4) is 33.6 Å². The molecular formula is C38H28O. The molecule has 5 aromatic carbocycles. The van der Waals surface area contributed by atoms with Gasteiger partial charge in [0, 0.05) is 11.0 Å². The van der Waals surface area contributed by atoms with E-state index in [-0.39, 0.29) is 5.41 Å². The Hall–Kier alpha value is -4.62. The second-order valence-corrected chi connectivity index (χ2v) is 11.3. The minimum absolute atomic E-state index is 0.107. The van der Waals surface area contributed by atoms with Crippen LogP contribution in [0.4, 0.5) is 0 Å². The largest absolute Gasteiger partial charge is 0.464 e. The number of furan rings is 1. The number of hydrogen-bond acceptors (Lipinski definition) is 1. The van der Waals surface area contributed by atoms with Crippen LogP contribution in [0.25, 0.3) is 33.6 Å². The van der Waals surface area contributed by atoms with Gasteiger partial charge < -0.3 is 4.42 Å². The molecule has 0 bridgehead atoms. The van der Waals surface area contributed by atoms with Crippen LogP contribution in [0.1, 0.15) is 47.2 Å². The van der Waals surface area contributed by atoms with Crippen LogP contribution in [0, 0.1) is 0 Å². The summed E-state index contributed by atoms with van der Waals surface area (Å²) in [6.07, 6.45) is 1.74. The van der Waals surface area contributed by atoms with Crippen molar-refractivity contribution in [2.45, 2.75) is 24.7 Å². The van der Waals surface area contributed by atoms with Gasteiger partial charge in [-0.25, -0.2) is 0 Å². The number of benzene rings is 5. The lowest BCUT2D eigenvalue weighted by atomic mass is 9.55. The molecule has 0 atom stereocenters. The third kappa shape index (κ3) is 2.85. The summed E-state index contributed by atoms with van der Waals surface area (Å²) in [7, 11) is 0. The van der Waals surface area contributed by atoms with E-state index in [0.29, 0.717) is 0 Å². The second-order valence-electron chi connectivity index (χ2n) is 11.3. The highest BCUT2D eigenvalue weighted by molar-refractivity contribution is 5.94. The third-order valence-corrected chi connectivity index (χ3v) is 9.05. The summed E-state index contributed by atoms with van der Waals surface area (Å²) in [5, 5.41) is 0. The molecule has 39 heavy (non-hydrogen) atoms. The van der Waals surface area contributed by atoms with Crippen LogP contribution in [-0.2, 0) is 10.8 Å². The fraction of sp³-hybridized carbons (Fsp3) is 0.105. The first-order chi connectivity index (χ1) is 19.1. The van der Waals surface area contributed by atoms with Crippen molar-refractivity contribution in [3.63, 3.8) is 0 Å². The molecule has 1 spiro atoms. The maximum absolute atomic E-state index is 5.78. The van der Waals surface area contributed by atoms with Gasteiger partial charge in [-0.2, -0.15) is 0 Å². The average Bonchev–Trinajstić information content (AvgIpc) is 3.63. The topological polar surface area (TPSA) is 13.1 Å². The minimum Gasteiger partial charge on any atom is -0.464 e. The summed E-state index contributed by atoms with van der Waals surface area (Å²) in [4.78, 5) is 0. The van der Waals surface area contributed by atoms with Crippen LogP contribution < -0.4 is 0 Å². The van der Waals surface area contributed by atoms with Gasteiger partial charge in [0.1, 0.15) is 5.76 Å². The Bertz CT molecular complexity index is 1840. The van der Waals surface area contributed by atoms with E-state index in [0.717, 1.165) is 11.3 Å². The summed E-state index contributed by atoms with van der Waals surface area (Å²) < 4.78 is 5.78. The van der Waals surface area contributed by atoms with Gasteiger partial charge in [-0.15, -0.1) is 0 Å². The smallest absolute Gasteiger partial charge is 0.133 e. The van der Waals surface area contributed by atoms with E-state index in [1.165, 1.54) is 55.6 Å². The van der Waals surface area contributed by atoms with Crippen LogP contribution in [0.2, 0.25) is 0 Å². The molecule has 6 aromatic rings. The van der Waals surface area contributed by atoms with E-state index in [1.54, 1.807) is 6.26 Å². The van der Waals surface area contributed by atoms with Gasteiger partial charge in [-0.3, -0.25) is 0 Å². The molecule has 0 N–H and O–H groups in total. The van der Waals surface area contributed by atoms with Crippen molar-refractivity contribution >= 4 is 0 Å². The molecule has 1 nitrogen and oxygen atoms in total. The molecule has 0 saturated heterocycles. The highest BCUT2D eigenvalue weighted by atomic mass is 16.3. The van der Waals surface area contributed by atoms with Crippen molar-refractivity contribution in [1.82, 2.24) is 0 Å². The zero-order chi connectivity index (χ0) is 26.2. The number of fused-ring (bicyclic) bond motifs is 9. The van der Waals surface area contributed by atoms with Gasteiger partial charge >= 0.3 is 0 Å². The molecule has 1 heterocycles. The van der Waals surface area contributed by atoms with Gasteiger partial charge in [-0.05, 0) is 73.8 Å². The number of hydrogen-bond donors (Lipinski definition) is 0. The van der Waals surface area contributed by atoms with Gasteiger partial charge in [0.05, 0.1) is 11.7 Å². The van der Waals surface area contributed by atoms with Crippen LogP contribution in [0.15, 0.2) is 138 Å². The van der Waals surface area contributed by atoms with Crippen LogP contribution in [0.3, 0.4) is 0 Å². The standard InChI is InChI=1S/C38H28O/c1-37(2)31-18-5-7-20-33(31)38(34-21-8-6-19-32(34)37)30-17-4-3-14-28(30)29-16-10-15-27(36(29)38)25-12-9-13-26(24-25)35-22-11-23-39-35/h3-24H,1-2H3. The molecule has 0 fully saturated rings. The first-order valence-electron chi connectivity index (χ1n) is 13.7.